The Bertz CT molecular complexity index is 636. The minimum Gasteiger partial charge on any atom is -0.383 e. The molecule has 2 N–H and O–H groups in total. The fraction of sp³-hybridized carbons (Fsp3) is 0.235. The summed E-state index contributed by atoms with van der Waals surface area (Å²) in [4.78, 5) is 26.5. The summed E-state index contributed by atoms with van der Waals surface area (Å²) >= 11 is 0. The molecular formula is C17H19N3O2S2. The molecule has 0 saturated carbocycles. The number of nitrogens with one attached hydrogen (secondary N) is 2. The van der Waals surface area contributed by atoms with Crippen molar-refractivity contribution >= 4 is 39.5 Å². The van der Waals surface area contributed by atoms with Gasteiger partial charge in [-0.15, -0.1) is 0 Å². The van der Waals surface area contributed by atoms with Crippen molar-refractivity contribution in [2.75, 3.05) is 24.2 Å². The topological polar surface area (TPSA) is 71.1 Å². The highest BCUT2D eigenvalue weighted by atomic mass is 33.1. The Morgan fingerprint density at radius 2 is 1.96 bits per heavy atom. The minimum atomic E-state index is 0.0437. The monoisotopic (exact) mass is 361 g/mol. The summed E-state index contributed by atoms with van der Waals surface area (Å²) in [6.45, 7) is 1.20. The molecule has 0 aliphatic rings. The molecule has 1 amide bonds. The van der Waals surface area contributed by atoms with E-state index in [4.69, 9.17) is 0 Å². The first-order valence-corrected chi connectivity index (χ1v) is 9.86. The summed E-state index contributed by atoms with van der Waals surface area (Å²) in [6.07, 6.45) is 3.06. The first kappa shape index (κ1) is 18.4. The normalized spacial score (nSPS) is 10.2. The number of aldehydes is 1. The fourth-order valence-corrected chi connectivity index (χ4v) is 3.68. The maximum absolute atomic E-state index is 11.7. The molecule has 1 aromatic heterocycles. The zero-order valence-electron chi connectivity index (χ0n) is 13.1. The van der Waals surface area contributed by atoms with Gasteiger partial charge in [0.2, 0.25) is 5.91 Å². The highest BCUT2D eigenvalue weighted by Crippen LogP contribution is 2.29. The van der Waals surface area contributed by atoms with E-state index < -0.39 is 0 Å². The van der Waals surface area contributed by atoms with Crippen molar-refractivity contribution in [3.8, 4) is 0 Å². The van der Waals surface area contributed by atoms with E-state index in [1.165, 1.54) is 0 Å². The van der Waals surface area contributed by atoms with Crippen LogP contribution in [0.15, 0.2) is 53.7 Å². The lowest BCUT2D eigenvalue weighted by Crippen LogP contribution is -2.28. The zero-order valence-corrected chi connectivity index (χ0v) is 14.7. The van der Waals surface area contributed by atoms with Crippen LogP contribution >= 0.6 is 21.6 Å². The molecule has 0 aliphatic carbocycles. The molecule has 24 heavy (non-hydrogen) atoms. The highest BCUT2D eigenvalue weighted by molar-refractivity contribution is 8.76. The molecule has 126 valence electrons. The minimum absolute atomic E-state index is 0.0437. The molecule has 0 spiro atoms. The van der Waals surface area contributed by atoms with Crippen molar-refractivity contribution < 1.29 is 9.59 Å². The molecule has 0 saturated heterocycles. The predicted molar refractivity (Wildman–Crippen MR) is 100 cm³/mol. The SMILES string of the molecule is O=Cc1ccc(NCCNC(=O)CCSSc2ccccn2)cc1. The van der Waals surface area contributed by atoms with Gasteiger partial charge in [-0.1, -0.05) is 16.9 Å². The Morgan fingerprint density at radius 3 is 2.67 bits per heavy atom. The Morgan fingerprint density at radius 1 is 1.12 bits per heavy atom. The number of amides is 1. The quantitative estimate of drug-likeness (QED) is 0.384. The lowest BCUT2D eigenvalue weighted by molar-refractivity contribution is -0.120. The van der Waals surface area contributed by atoms with Crippen LogP contribution < -0.4 is 10.6 Å². The van der Waals surface area contributed by atoms with E-state index in [0.717, 1.165) is 22.8 Å². The molecule has 0 radical (unpaired) electrons. The molecule has 2 aromatic rings. The summed E-state index contributed by atoms with van der Waals surface area (Å²) in [7, 11) is 3.20. The summed E-state index contributed by atoms with van der Waals surface area (Å²) in [6, 6.07) is 13.0. The van der Waals surface area contributed by atoms with Gasteiger partial charge in [0.05, 0.1) is 0 Å². The Labute approximate surface area is 149 Å². The Balaban J connectivity index is 1.52. The molecule has 1 aromatic carbocycles. The van der Waals surface area contributed by atoms with E-state index in [1.54, 1.807) is 39.9 Å². The van der Waals surface area contributed by atoms with Crippen LogP contribution in [-0.4, -0.2) is 36.0 Å². The molecule has 0 atom stereocenters. The predicted octanol–water partition coefficient (Wildman–Crippen LogP) is 3.25. The average Bonchev–Trinajstić information content (AvgIpc) is 2.64. The number of rotatable bonds is 10. The van der Waals surface area contributed by atoms with Crippen LogP contribution in [0.4, 0.5) is 5.69 Å². The summed E-state index contributed by atoms with van der Waals surface area (Å²) in [5.74, 6) is 0.787. The van der Waals surface area contributed by atoms with Crippen molar-refractivity contribution in [2.45, 2.75) is 11.4 Å². The van der Waals surface area contributed by atoms with Gasteiger partial charge >= 0.3 is 0 Å². The molecule has 0 fully saturated rings. The highest BCUT2D eigenvalue weighted by Gasteiger charge is 2.02. The maximum Gasteiger partial charge on any atom is 0.220 e. The van der Waals surface area contributed by atoms with Gasteiger partial charge in [0.25, 0.3) is 0 Å². The standard InChI is InChI=1S/C17H19N3O2S2/c21-13-14-4-6-15(7-5-14)18-10-11-19-16(22)8-12-23-24-17-3-1-2-9-20-17/h1-7,9,13,18H,8,10-12H2,(H,19,22). The van der Waals surface area contributed by atoms with Gasteiger partial charge in [-0.25, -0.2) is 4.98 Å². The number of aromatic nitrogens is 1. The Hall–Kier alpha value is -1.99. The van der Waals surface area contributed by atoms with Gasteiger partial charge in [0.1, 0.15) is 11.3 Å². The van der Waals surface area contributed by atoms with Gasteiger partial charge in [0, 0.05) is 42.7 Å². The summed E-state index contributed by atoms with van der Waals surface area (Å²) < 4.78 is 0. The number of nitrogens with zero attached hydrogens (tertiary/aromatic N) is 1. The van der Waals surface area contributed by atoms with E-state index in [0.29, 0.717) is 25.1 Å². The van der Waals surface area contributed by atoms with E-state index in [9.17, 15) is 9.59 Å². The number of hydrogen-bond acceptors (Lipinski definition) is 6. The summed E-state index contributed by atoms with van der Waals surface area (Å²) in [5.41, 5.74) is 1.58. The third kappa shape index (κ3) is 7.06. The lowest BCUT2D eigenvalue weighted by Gasteiger charge is -2.08. The van der Waals surface area contributed by atoms with Gasteiger partial charge < -0.3 is 10.6 Å². The van der Waals surface area contributed by atoms with Gasteiger partial charge in [-0.2, -0.15) is 0 Å². The van der Waals surface area contributed by atoms with Crippen LogP contribution in [-0.2, 0) is 4.79 Å². The second kappa shape index (κ2) is 10.7. The van der Waals surface area contributed by atoms with Crippen LogP contribution in [0.5, 0.6) is 0 Å². The van der Waals surface area contributed by atoms with Gasteiger partial charge in [0.15, 0.2) is 0 Å². The molecule has 1 heterocycles. The maximum atomic E-state index is 11.7. The molecule has 0 aliphatic heterocycles. The molecular weight excluding hydrogens is 342 g/mol. The van der Waals surface area contributed by atoms with Crippen LogP contribution in [0.1, 0.15) is 16.8 Å². The largest absolute Gasteiger partial charge is 0.383 e. The number of anilines is 1. The summed E-state index contributed by atoms with van der Waals surface area (Å²) in [5, 5.41) is 7.02. The second-order valence-electron chi connectivity index (χ2n) is 4.84. The van der Waals surface area contributed by atoms with Gasteiger partial charge in [-0.05, 0) is 47.2 Å². The number of hydrogen-bond donors (Lipinski definition) is 2. The molecule has 0 bridgehead atoms. The van der Waals surface area contributed by atoms with E-state index in [-0.39, 0.29) is 5.91 Å². The van der Waals surface area contributed by atoms with Crippen molar-refractivity contribution in [2.24, 2.45) is 0 Å². The number of carbonyl (C=O) groups is 2. The first-order chi connectivity index (χ1) is 11.8. The lowest BCUT2D eigenvalue weighted by atomic mass is 10.2. The van der Waals surface area contributed by atoms with Crippen LogP contribution in [0.2, 0.25) is 0 Å². The zero-order chi connectivity index (χ0) is 17.0. The average molecular weight is 361 g/mol. The smallest absolute Gasteiger partial charge is 0.220 e. The van der Waals surface area contributed by atoms with Crippen molar-refractivity contribution in [1.29, 1.82) is 0 Å². The number of benzene rings is 1. The van der Waals surface area contributed by atoms with E-state index >= 15 is 0 Å². The number of pyridine rings is 1. The van der Waals surface area contributed by atoms with Crippen molar-refractivity contribution in [1.82, 2.24) is 10.3 Å². The first-order valence-electron chi connectivity index (χ1n) is 7.54. The van der Waals surface area contributed by atoms with Crippen LogP contribution in [0.3, 0.4) is 0 Å². The fourth-order valence-electron chi connectivity index (χ4n) is 1.81. The van der Waals surface area contributed by atoms with E-state index in [1.807, 2.05) is 30.3 Å². The third-order valence-corrected chi connectivity index (χ3v) is 5.28. The Kier molecular flexibility index (Phi) is 8.20. The van der Waals surface area contributed by atoms with E-state index in [2.05, 4.69) is 15.6 Å². The molecule has 2 rings (SSSR count). The molecule has 0 unspecified atom stereocenters. The van der Waals surface area contributed by atoms with Crippen molar-refractivity contribution in [3.63, 3.8) is 0 Å². The number of carbonyl (C=O) groups excluding carboxylic acids is 2. The second-order valence-corrected chi connectivity index (χ2v) is 7.28. The molecule has 5 nitrogen and oxygen atoms in total. The van der Waals surface area contributed by atoms with Gasteiger partial charge in [-0.3, -0.25) is 9.59 Å². The third-order valence-electron chi connectivity index (χ3n) is 3.02. The van der Waals surface area contributed by atoms with Crippen molar-refractivity contribution in [3.05, 3.63) is 54.2 Å². The van der Waals surface area contributed by atoms with Crippen LogP contribution in [0.25, 0.3) is 0 Å². The van der Waals surface area contributed by atoms with Crippen LogP contribution in [0, 0.1) is 0 Å². The molecule has 7 heteroatoms.